The summed E-state index contributed by atoms with van der Waals surface area (Å²) in [6.45, 7) is 12.9. The highest BCUT2D eigenvalue weighted by molar-refractivity contribution is 7.18. The molecule has 4 fully saturated rings. The van der Waals surface area contributed by atoms with E-state index in [0.29, 0.717) is 28.1 Å². The Morgan fingerprint density at radius 3 is 1.36 bits per heavy atom. The van der Waals surface area contributed by atoms with Crippen molar-refractivity contribution in [2.45, 2.75) is 124 Å². The Hall–Kier alpha value is -4.89. The van der Waals surface area contributed by atoms with E-state index < -0.39 is 30.1 Å². The van der Waals surface area contributed by atoms with Gasteiger partial charge in [0.05, 0.1) is 16.8 Å². The lowest BCUT2D eigenvalue weighted by Crippen LogP contribution is -2.49. The van der Waals surface area contributed by atoms with Crippen LogP contribution in [0.4, 0.5) is 11.4 Å². The Balaban J connectivity index is 0.000000212. The number of aromatic carboxylic acids is 1. The molecule has 2 amide bonds. The number of piperidine rings is 2. The van der Waals surface area contributed by atoms with Crippen molar-refractivity contribution >= 4 is 63.8 Å². The number of esters is 2. The first-order chi connectivity index (χ1) is 33.5. The van der Waals surface area contributed by atoms with E-state index in [-0.39, 0.29) is 40.6 Å². The predicted molar refractivity (Wildman–Crippen MR) is 281 cm³/mol. The number of carbonyl (C=O) groups is 5. The maximum atomic E-state index is 14.2. The number of amides is 2. The Morgan fingerprint density at radius 1 is 0.586 bits per heavy atom. The van der Waals surface area contributed by atoms with Crippen LogP contribution in [0.25, 0.3) is 20.9 Å². The lowest BCUT2D eigenvalue weighted by atomic mass is 9.82. The van der Waals surface area contributed by atoms with E-state index in [1.807, 2.05) is 82.6 Å². The van der Waals surface area contributed by atoms with Crippen molar-refractivity contribution in [3.63, 3.8) is 0 Å². The number of carbonyl (C=O) groups excluding carboxylic acids is 4. The number of hydrogen-bond donors (Lipinski definition) is 1. The van der Waals surface area contributed by atoms with Crippen LogP contribution >= 0.6 is 22.7 Å². The molecule has 2 saturated carbocycles. The Bertz CT molecular complexity index is 2380. The summed E-state index contributed by atoms with van der Waals surface area (Å²) in [4.78, 5) is 76.7. The third-order valence-electron chi connectivity index (χ3n) is 14.7. The summed E-state index contributed by atoms with van der Waals surface area (Å²) in [5.74, 6) is -0.480. The first-order valence-electron chi connectivity index (χ1n) is 25.5. The molecule has 2 saturated heterocycles. The van der Waals surface area contributed by atoms with Gasteiger partial charge in [-0.3, -0.25) is 14.4 Å². The summed E-state index contributed by atoms with van der Waals surface area (Å²) < 4.78 is 10.7. The van der Waals surface area contributed by atoms with Gasteiger partial charge in [0, 0.05) is 33.7 Å². The summed E-state index contributed by atoms with van der Waals surface area (Å²) in [5, 5.41) is 10.0. The van der Waals surface area contributed by atoms with Gasteiger partial charge in [-0.1, -0.05) is 74.5 Å². The molecule has 70 heavy (non-hydrogen) atoms. The number of rotatable bonds is 12. The second kappa shape index (κ2) is 24.0. The molecule has 12 nitrogen and oxygen atoms in total. The van der Waals surface area contributed by atoms with Crippen LogP contribution in [-0.4, -0.2) is 104 Å². The number of anilines is 2. The molecule has 8 rings (SSSR count). The van der Waals surface area contributed by atoms with Crippen LogP contribution in [0.3, 0.4) is 0 Å². The van der Waals surface area contributed by atoms with Gasteiger partial charge in [0.2, 0.25) is 18.6 Å². The number of benzene rings is 2. The van der Waals surface area contributed by atoms with Gasteiger partial charge < -0.3 is 34.2 Å². The third-order valence-corrected chi connectivity index (χ3v) is 17.1. The van der Waals surface area contributed by atoms with E-state index >= 15 is 0 Å². The molecule has 14 heteroatoms. The first-order valence-corrected chi connectivity index (χ1v) is 27.1. The second-order valence-electron chi connectivity index (χ2n) is 21.3. The molecule has 4 aliphatic rings. The highest BCUT2D eigenvalue weighted by Crippen LogP contribution is 2.43. The minimum Gasteiger partial charge on any atom is -0.477 e. The fraction of sp³-hybridized carbons (Fsp3) is 0.554. The van der Waals surface area contributed by atoms with Crippen LogP contribution in [0.1, 0.15) is 131 Å². The molecule has 4 aromatic rings. The summed E-state index contributed by atoms with van der Waals surface area (Å²) in [5.41, 5.74) is 2.47. The third kappa shape index (κ3) is 13.3. The summed E-state index contributed by atoms with van der Waals surface area (Å²) in [6.07, 6.45) is 11.2. The van der Waals surface area contributed by atoms with Crippen molar-refractivity contribution in [1.29, 1.82) is 0 Å². The fourth-order valence-electron chi connectivity index (χ4n) is 10.2. The van der Waals surface area contributed by atoms with E-state index in [0.717, 1.165) is 124 Å². The second-order valence-corrected chi connectivity index (χ2v) is 23.4. The van der Waals surface area contributed by atoms with Gasteiger partial charge in [0.15, 0.2) is 0 Å². The quantitative estimate of drug-likeness (QED) is 0.108. The van der Waals surface area contributed by atoms with Gasteiger partial charge in [-0.25, -0.2) is 9.59 Å². The van der Waals surface area contributed by atoms with Gasteiger partial charge in [-0.15, -0.1) is 22.7 Å². The maximum Gasteiger partial charge on any atom is 0.353 e. The van der Waals surface area contributed by atoms with Crippen molar-refractivity contribution in [1.82, 2.24) is 9.80 Å². The number of carboxylic acid groups (broad SMARTS) is 1. The van der Waals surface area contributed by atoms with Crippen molar-refractivity contribution in [3.8, 4) is 20.9 Å². The SMILES string of the molecule is CC1CCC(C(=O)N(c2cc(-c3ccccc3)sc2C(=O)O)C2CCN(C)CC2)CC1.CC1CCC(C(=O)N(c2cc(-c3ccccc3)sc2C(=O)OCOC(=O)C(C)(C)C)C2CCN(C)CC2)CC1. The molecule has 4 heterocycles. The summed E-state index contributed by atoms with van der Waals surface area (Å²) >= 11 is 2.60. The Kier molecular flexibility index (Phi) is 18.2. The predicted octanol–water partition coefficient (Wildman–Crippen LogP) is 11.7. The van der Waals surface area contributed by atoms with Gasteiger partial charge >= 0.3 is 17.9 Å². The van der Waals surface area contributed by atoms with E-state index in [1.165, 1.54) is 22.7 Å². The van der Waals surface area contributed by atoms with Gasteiger partial charge in [0.25, 0.3) is 0 Å². The smallest absolute Gasteiger partial charge is 0.353 e. The molecule has 2 aliphatic carbocycles. The van der Waals surface area contributed by atoms with Gasteiger partial charge in [0.1, 0.15) is 9.75 Å². The van der Waals surface area contributed by atoms with E-state index in [9.17, 15) is 29.1 Å². The molecule has 0 atom stereocenters. The average molecular weight is 995 g/mol. The topological polar surface area (TPSA) is 137 Å². The molecule has 2 aliphatic heterocycles. The normalized spacial score (nSPS) is 21.8. The van der Waals surface area contributed by atoms with Crippen molar-refractivity contribution in [3.05, 3.63) is 82.6 Å². The van der Waals surface area contributed by atoms with Crippen LogP contribution in [0.15, 0.2) is 72.8 Å². The molecule has 2 aromatic carbocycles. The molecule has 0 bridgehead atoms. The minimum absolute atomic E-state index is 0.00224. The van der Waals surface area contributed by atoms with E-state index in [4.69, 9.17) is 9.47 Å². The molecule has 0 unspecified atom stereocenters. The first kappa shape index (κ1) is 52.9. The van der Waals surface area contributed by atoms with Gasteiger partial charge in [-0.2, -0.15) is 0 Å². The van der Waals surface area contributed by atoms with E-state index in [1.54, 1.807) is 20.8 Å². The lowest BCUT2D eigenvalue weighted by Gasteiger charge is -2.40. The van der Waals surface area contributed by atoms with Crippen molar-refractivity contribution in [2.24, 2.45) is 29.1 Å². The molecule has 0 spiro atoms. The van der Waals surface area contributed by atoms with Crippen LogP contribution in [0, 0.1) is 29.1 Å². The highest BCUT2D eigenvalue weighted by atomic mass is 32.1. The lowest BCUT2D eigenvalue weighted by molar-refractivity contribution is -0.161. The zero-order valence-corrected chi connectivity index (χ0v) is 44.0. The van der Waals surface area contributed by atoms with E-state index in [2.05, 4.69) is 37.7 Å². The molecule has 1 N–H and O–H groups in total. The standard InChI is InChI=1S/C31H42N2O5S.C25H32N2O3S/c1-21-11-13-23(14-12-21)28(34)33(24-15-17-32(5)18-16-24)25-19-26(22-9-7-6-8-10-22)39-27(25)29(35)37-20-38-30(36)31(2,3)4;1-17-8-10-19(11-9-17)24(28)27(20-12-14-26(2)15-13-20)21-16-22(31-23(21)25(29)30)18-6-4-3-5-7-18/h6-10,19,21,23-24H,11-18,20H2,1-5H3;3-7,16-17,19-20H,8-15H2,1-2H3,(H,29,30). The van der Waals surface area contributed by atoms with Crippen LogP contribution < -0.4 is 9.80 Å². The highest BCUT2D eigenvalue weighted by Gasteiger charge is 2.39. The van der Waals surface area contributed by atoms with Crippen molar-refractivity contribution < 1.29 is 38.6 Å². The number of nitrogens with zero attached hydrogens (tertiary/aromatic N) is 4. The number of hydrogen-bond acceptors (Lipinski definition) is 11. The monoisotopic (exact) mass is 994 g/mol. The van der Waals surface area contributed by atoms with Crippen LogP contribution in [0.2, 0.25) is 0 Å². The zero-order valence-electron chi connectivity index (χ0n) is 42.3. The average Bonchev–Trinajstić information content (AvgIpc) is 4.00. The minimum atomic E-state index is -0.954. The van der Waals surface area contributed by atoms with Gasteiger partial charge in [-0.05, 0) is 173 Å². The number of ether oxygens (including phenoxy) is 2. The number of carboxylic acids is 1. The summed E-state index contributed by atoms with van der Waals surface area (Å²) in [6, 6.07) is 23.7. The molecular weight excluding hydrogens is 921 g/mol. The Labute approximate surface area is 423 Å². The Morgan fingerprint density at radius 2 is 0.971 bits per heavy atom. The fourth-order valence-corrected chi connectivity index (χ4v) is 12.3. The molecule has 2 aromatic heterocycles. The molecular formula is C56H74N4O8S2. The number of thiophene rings is 2. The molecule has 378 valence electrons. The largest absolute Gasteiger partial charge is 0.477 e. The van der Waals surface area contributed by atoms with Crippen LogP contribution in [-0.2, 0) is 23.9 Å². The molecule has 0 radical (unpaired) electrons. The number of likely N-dealkylation sites (tertiary alicyclic amines) is 2. The van der Waals surface area contributed by atoms with Crippen LogP contribution in [0.5, 0.6) is 0 Å². The maximum absolute atomic E-state index is 14.2. The zero-order chi connectivity index (χ0) is 50.1. The summed E-state index contributed by atoms with van der Waals surface area (Å²) in [7, 11) is 4.20. The van der Waals surface area contributed by atoms with Crippen molar-refractivity contribution in [2.75, 3.05) is 56.9 Å².